The number of hydrogen-bond acceptors (Lipinski definition) is 7. The number of allylic oxidation sites excluding steroid dienone is 1. The van der Waals surface area contributed by atoms with E-state index in [0.29, 0.717) is 22.9 Å². The highest BCUT2D eigenvalue weighted by Crippen LogP contribution is 2.28. The van der Waals surface area contributed by atoms with Crippen LogP contribution in [0.2, 0.25) is 0 Å². The van der Waals surface area contributed by atoms with Crippen molar-refractivity contribution in [3.05, 3.63) is 53.4 Å². The molecule has 1 atom stereocenters. The summed E-state index contributed by atoms with van der Waals surface area (Å²) in [6.45, 7) is 4.69. The topological polar surface area (TPSA) is 117 Å². The summed E-state index contributed by atoms with van der Waals surface area (Å²) in [5, 5.41) is 4.44. The summed E-state index contributed by atoms with van der Waals surface area (Å²) < 4.78 is 15.8. The number of nitrogens with two attached hydrogens (primary N) is 1. The lowest BCUT2D eigenvalue weighted by atomic mass is 10.1. The number of rotatable bonds is 10. The van der Waals surface area contributed by atoms with Gasteiger partial charge in [-0.3, -0.25) is 9.59 Å². The van der Waals surface area contributed by atoms with Crippen LogP contribution >= 0.6 is 11.3 Å². The monoisotopic (exact) mass is 418 g/mol. The molecular weight excluding hydrogens is 396 g/mol. The molecule has 9 heteroatoms. The Labute approximate surface area is 172 Å². The molecule has 0 fully saturated rings. The second-order valence-electron chi connectivity index (χ2n) is 5.92. The van der Waals surface area contributed by atoms with Crippen molar-refractivity contribution in [1.82, 2.24) is 0 Å². The van der Waals surface area contributed by atoms with Gasteiger partial charge in [-0.2, -0.15) is 0 Å². The molecule has 1 aromatic carbocycles. The van der Waals surface area contributed by atoms with Gasteiger partial charge in [0.2, 0.25) is 0 Å². The molecule has 1 heterocycles. The third-order valence-electron chi connectivity index (χ3n) is 3.80. The summed E-state index contributed by atoms with van der Waals surface area (Å²) in [4.78, 5) is 35.5. The van der Waals surface area contributed by atoms with E-state index < -0.39 is 30.5 Å². The van der Waals surface area contributed by atoms with Crippen molar-refractivity contribution >= 4 is 34.1 Å². The average Bonchev–Trinajstić information content (AvgIpc) is 3.15. The van der Waals surface area contributed by atoms with Gasteiger partial charge in [-0.15, -0.1) is 17.9 Å². The van der Waals surface area contributed by atoms with Crippen LogP contribution in [0.3, 0.4) is 0 Å². The van der Waals surface area contributed by atoms with Crippen molar-refractivity contribution in [3.63, 3.8) is 0 Å². The zero-order valence-electron chi connectivity index (χ0n) is 16.1. The lowest BCUT2D eigenvalue weighted by Crippen LogP contribution is -2.32. The normalized spacial score (nSPS) is 11.2. The van der Waals surface area contributed by atoms with Gasteiger partial charge in [0.25, 0.3) is 11.8 Å². The first-order chi connectivity index (χ1) is 13.8. The molecule has 1 aromatic heterocycles. The molecule has 0 saturated carbocycles. The number of thiophene rings is 1. The van der Waals surface area contributed by atoms with E-state index in [1.165, 1.54) is 20.1 Å². The van der Waals surface area contributed by atoms with Crippen LogP contribution in [0, 0.1) is 0 Å². The molecule has 0 aliphatic heterocycles. The number of nitrogens with one attached hydrogen (secondary N) is 1. The van der Waals surface area contributed by atoms with E-state index in [2.05, 4.69) is 11.9 Å². The molecule has 2 aromatic rings. The SMILES string of the molecule is C=CCc1ccc(OCC(=O)O[C@H](C)C(=O)Nc2sccc2C(N)=O)c(OC)c1. The van der Waals surface area contributed by atoms with Gasteiger partial charge in [0, 0.05) is 0 Å². The lowest BCUT2D eigenvalue weighted by molar-refractivity contribution is -0.155. The van der Waals surface area contributed by atoms with Crippen LogP contribution in [0.5, 0.6) is 11.5 Å². The Bertz CT molecular complexity index is 908. The summed E-state index contributed by atoms with van der Waals surface area (Å²) in [5.41, 5.74) is 6.41. The van der Waals surface area contributed by atoms with Gasteiger partial charge in [0.05, 0.1) is 12.7 Å². The van der Waals surface area contributed by atoms with Crippen LogP contribution < -0.4 is 20.5 Å². The second kappa shape index (κ2) is 10.3. The maximum absolute atomic E-state index is 12.2. The van der Waals surface area contributed by atoms with Crippen molar-refractivity contribution < 1.29 is 28.6 Å². The smallest absolute Gasteiger partial charge is 0.344 e. The minimum absolute atomic E-state index is 0.192. The number of methoxy groups -OCH3 is 1. The number of esters is 1. The Morgan fingerprint density at radius 2 is 2.03 bits per heavy atom. The van der Waals surface area contributed by atoms with Gasteiger partial charge >= 0.3 is 5.97 Å². The maximum Gasteiger partial charge on any atom is 0.344 e. The highest BCUT2D eigenvalue weighted by Gasteiger charge is 2.21. The number of primary amides is 1. The first kappa shape index (κ1) is 22.0. The Balaban J connectivity index is 1.90. The lowest BCUT2D eigenvalue weighted by Gasteiger charge is -2.15. The fourth-order valence-corrected chi connectivity index (χ4v) is 3.16. The van der Waals surface area contributed by atoms with E-state index in [-0.39, 0.29) is 5.56 Å². The van der Waals surface area contributed by atoms with Crippen LogP contribution in [0.15, 0.2) is 42.3 Å². The second-order valence-corrected chi connectivity index (χ2v) is 6.83. The molecule has 0 aliphatic rings. The van der Waals surface area contributed by atoms with Crippen molar-refractivity contribution in [3.8, 4) is 11.5 Å². The van der Waals surface area contributed by atoms with E-state index in [9.17, 15) is 14.4 Å². The number of benzene rings is 1. The number of carbonyl (C=O) groups excluding carboxylic acids is 3. The molecule has 29 heavy (non-hydrogen) atoms. The van der Waals surface area contributed by atoms with E-state index in [4.69, 9.17) is 19.9 Å². The minimum Gasteiger partial charge on any atom is -0.493 e. The molecule has 0 spiro atoms. The molecule has 0 bridgehead atoms. The zero-order chi connectivity index (χ0) is 21.4. The molecule has 2 rings (SSSR count). The van der Waals surface area contributed by atoms with E-state index in [1.54, 1.807) is 23.6 Å². The third kappa shape index (κ3) is 6.08. The van der Waals surface area contributed by atoms with Gasteiger partial charge in [-0.1, -0.05) is 12.1 Å². The van der Waals surface area contributed by atoms with Crippen LogP contribution in [0.4, 0.5) is 5.00 Å². The summed E-state index contributed by atoms with van der Waals surface area (Å²) in [7, 11) is 1.50. The number of ether oxygens (including phenoxy) is 3. The number of carbonyl (C=O) groups is 3. The molecule has 2 amide bonds. The molecule has 154 valence electrons. The zero-order valence-corrected chi connectivity index (χ0v) is 16.9. The molecular formula is C20H22N2O6S. The minimum atomic E-state index is -1.09. The largest absolute Gasteiger partial charge is 0.493 e. The summed E-state index contributed by atoms with van der Waals surface area (Å²) in [6.07, 6.45) is 1.35. The van der Waals surface area contributed by atoms with Gasteiger partial charge in [0.1, 0.15) is 5.00 Å². The van der Waals surface area contributed by atoms with Gasteiger partial charge in [-0.05, 0) is 42.5 Å². The Kier molecular flexibility index (Phi) is 7.79. The number of anilines is 1. The molecule has 0 unspecified atom stereocenters. The fraction of sp³-hybridized carbons (Fsp3) is 0.250. The standard InChI is InChI=1S/C20H22N2O6S/c1-4-5-13-6-7-15(16(10-13)26-3)27-11-17(23)28-12(2)19(25)22-20-14(18(21)24)8-9-29-20/h4,6-10,12H,1,5,11H2,2-3H3,(H2,21,24)(H,22,25)/t12-/m1/s1. The Morgan fingerprint density at radius 1 is 1.28 bits per heavy atom. The quantitative estimate of drug-likeness (QED) is 0.452. The Morgan fingerprint density at radius 3 is 2.69 bits per heavy atom. The van der Waals surface area contributed by atoms with Crippen molar-refractivity contribution in [2.45, 2.75) is 19.4 Å². The van der Waals surface area contributed by atoms with Crippen LogP contribution in [-0.2, 0) is 20.7 Å². The average molecular weight is 418 g/mol. The van der Waals surface area contributed by atoms with Gasteiger partial charge in [-0.25, -0.2) is 4.79 Å². The first-order valence-electron chi connectivity index (χ1n) is 8.64. The maximum atomic E-state index is 12.2. The van der Waals surface area contributed by atoms with Gasteiger partial charge in [0.15, 0.2) is 24.2 Å². The highest BCUT2D eigenvalue weighted by atomic mass is 32.1. The van der Waals surface area contributed by atoms with Crippen LogP contribution in [-0.4, -0.2) is 37.6 Å². The van der Waals surface area contributed by atoms with E-state index in [1.807, 2.05) is 6.07 Å². The van der Waals surface area contributed by atoms with Crippen LogP contribution in [0.25, 0.3) is 0 Å². The summed E-state index contributed by atoms with van der Waals surface area (Å²) in [6, 6.07) is 6.80. The number of amides is 2. The van der Waals surface area contributed by atoms with Gasteiger partial charge < -0.3 is 25.3 Å². The highest BCUT2D eigenvalue weighted by molar-refractivity contribution is 7.14. The van der Waals surface area contributed by atoms with Crippen molar-refractivity contribution in [2.24, 2.45) is 5.73 Å². The van der Waals surface area contributed by atoms with E-state index in [0.717, 1.165) is 16.9 Å². The molecule has 8 nitrogen and oxygen atoms in total. The Hall–Kier alpha value is -3.33. The molecule has 0 radical (unpaired) electrons. The van der Waals surface area contributed by atoms with E-state index >= 15 is 0 Å². The summed E-state index contributed by atoms with van der Waals surface area (Å²) >= 11 is 1.14. The molecule has 3 N–H and O–H groups in total. The third-order valence-corrected chi connectivity index (χ3v) is 4.63. The van der Waals surface area contributed by atoms with Crippen molar-refractivity contribution in [2.75, 3.05) is 19.0 Å². The van der Waals surface area contributed by atoms with Crippen molar-refractivity contribution in [1.29, 1.82) is 0 Å². The predicted molar refractivity (Wildman–Crippen MR) is 109 cm³/mol. The first-order valence-corrected chi connectivity index (χ1v) is 9.52. The molecule has 0 saturated heterocycles. The predicted octanol–water partition coefficient (Wildman–Crippen LogP) is 2.53. The molecule has 0 aliphatic carbocycles. The summed E-state index contributed by atoms with van der Waals surface area (Å²) in [5.74, 6) is -1.13. The van der Waals surface area contributed by atoms with Crippen LogP contribution in [0.1, 0.15) is 22.8 Å². The fourth-order valence-electron chi connectivity index (χ4n) is 2.36. The number of hydrogen-bond donors (Lipinski definition) is 2.